The third kappa shape index (κ3) is 5.97. The molecule has 302 valence electrons. The molecule has 0 saturated carbocycles. The molecule has 0 unspecified atom stereocenters. The summed E-state index contributed by atoms with van der Waals surface area (Å²) in [6, 6.07) is 91.4. The molecule has 0 spiro atoms. The molecule has 3 heteroatoms. The summed E-state index contributed by atoms with van der Waals surface area (Å²) in [5, 5.41) is 5.03. The van der Waals surface area contributed by atoms with Crippen LogP contribution in [0.5, 0.6) is 0 Å². The molecule has 0 radical (unpaired) electrons. The standard InChI is InChI=1S/C62H41BN2/c1-3-16-42(17-4-1)48-38-40-50(54-22-9-7-20-52(48)54)44-30-34-46(35-31-44)64-58-26-13-11-24-56(58)63-57-25-12-14-27-59(57)65(61-29-15-28-60(64)62(61)63)47-36-32-45(33-37-47)51-41-39-49(43-18-5-2-6-19-43)53-21-8-10-23-55(51)53/h1-41H. The minimum Gasteiger partial charge on any atom is -0.311 e. The molecule has 2 aliphatic heterocycles. The SMILES string of the molecule is c1ccc(-c2ccc(-c3ccc(N4c5ccccc5B5c6ccccc6N(c6ccc(-c7ccc(-c8ccccc8)c8ccccc78)cc6)c6cccc4c65)cc3)c3ccccc23)cc1. The maximum absolute atomic E-state index is 2.48. The quantitative estimate of drug-likeness (QED) is 0.154. The predicted octanol–water partition coefficient (Wildman–Crippen LogP) is 14.7. The van der Waals surface area contributed by atoms with Gasteiger partial charge in [0.2, 0.25) is 0 Å². The number of hydrogen-bond donors (Lipinski definition) is 0. The molecule has 0 saturated heterocycles. The molecule has 65 heavy (non-hydrogen) atoms. The summed E-state index contributed by atoms with van der Waals surface area (Å²) in [4.78, 5) is 4.95. The molecule has 0 atom stereocenters. The summed E-state index contributed by atoms with van der Waals surface area (Å²) >= 11 is 0. The molecule has 2 heterocycles. The van der Waals surface area contributed by atoms with E-state index in [1.54, 1.807) is 0 Å². The number of rotatable bonds is 6. The van der Waals surface area contributed by atoms with Crippen molar-refractivity contribution in [3.63, 3.8) is 0 Å². The van der Waals surface area contributed by atoms with Crippen molar-refractivity contribution in [1.29, 1.82) is 0 Å². The van der Waals surface area contributed by atoms with Crippen LogP contribution in [0, 0.1) is 0 Å². The van der Waals surface area contributed by atoms with Crippen molar-refractivity contribution in [1.82, 2.24) is 0 Å². The van der Waals surface area contributed by atoms with E-state index < -0.39 is 0 Å². The largest absolute Gasteiger partial charge is 0.311 e. The Kier molecular flexibility index (Phi) is 8.67. The zero-order valence-corrected chi connectivity index (χ0v) is 35.6. The second-order valence-corrected chi connectivity index (χ2v) is 17.2. The maximum Gasteiger partial charge on any atom is 0.252 e. The van der Waals surface area contributed by atoms with Crippen LogP contribution in [0.15, 0.2) is 249 Å². The first kappa shape index (κ1) is 37.2. The molecule has 0 fully saturated rings. The van der Waals surface area contributed by atoms with Crippen molar-refractivity contribution >= 4 is 78.8 Å². The summed E-state index contributed by atoms with van der Waals surface area (Å²) in [6.07, 6.45) is 0. The second-order valence-electron chi connectivity index (χ2n) is 17.2. The van der Waals surface area contributed by atoms with Crippen LogP contribution in [0.25, 0.3) is 66.1 Å². The fourth-order valence-corrected chi connectivity index (χ4v) is 10.8. The number of hydrogen-bond acceptors (Lipinski definition) is 2. The van der Waals surface area contributed by atoms with Crippen molar-refractivity contribution < 1.29 is 0 Å². The molecule has 0 bridgehead atoms. The van der Waals surface area contributed by atoms with Crippen LogP contribution in [0.4, 0.5) is 34.1 Å². The Hall–Kier alpha value is -8.40. The first-order valence-corrected chi connectivity index (χ1v) is 22.5. The van der Waals surface area contributed by atoms with E-state index in [4.69, 9.17) is 0 Å². The van der Waals surface area contributed by atoms with Crippen LogP contribution in [-0.4, -0.2) is 6.71 Å². The van der Waals surface area contributed by atoms with Crippen molar-refractivity contribution in [2.75, 3.05) is 9.80 Å². The van der Waals surface area contributed by atoms with E-state index in [-0.39, 0.29) is 6.71 Å². The number of anilines is 6. The smallest absolute Gasteiger partial charge is 0.252 e. The molecule has 11 aromatic rings. The highest BCUT2D eigenvalue weighted by atomic mass is 15.2. The average Bonchev–Trinajstić information content (AvgIpc) is 3.38. The van der Waals surface area contributed by atoms with Gasteiger partial charge in [0.1, 0.15) is 0 Å². The summed E-state index contributed by atoms with van der Waals surface area (Å²) < 4.78 is 0. The Morgan fingerprint density at radius 3 is 0.923 bits per heavy atom. The number of fused-ring (bicyclic) bond motifs is 6. The lowest BCUT2D eigenvalue weighted by Crippen LogP contribution is -2.61. The number of benzene rings is 11. The van der Waals surface area contributed by atoms with Gasteiger partial charge in [-0.25, -0.2) is 0 Å². The number of para-hydroxylation sites is 2. The van der Waals surface area contributed by atoms with Gasteiger partial charge in [0, 0.05) is 34.1 Å². The van der Waals surface area contributed by atoms with E-state index in [1.807, 2.05) is 0 Å². The molecule has 0 N–H and O–H groups in total. The topological polar surface area (TPSA) is 6.48 Å². The Labute approximate surface area is 380 Å². The van der Waals surface area contributed by atoms with Crippen LogP contribution >= 0.6 is 0 Å². The highest BCUT2D eigenvalue weighted by Gasteiger charge is 2.42. The average molecular weight is 825 g/mol. The van der Waals surface area contributed by atoms with Crippen LogP contribution in [0.3, 0.4) is 0 Å². The predicted molar refractivity (Wildman–Crippen MR) is 277 cm³/mol. The van der Waals surface area contributed by atoms with E-state index >= 15 is 0 Å². The van der Waals surface area contributed by atoms with Crippen LogP contribution in [0.2, 0.25) is 0 Å². The lowest BCUT2D eigenvalue weighted by molar-refractivity contribution is 1.25. The zero-order chi connectivity index (χ0) is 42.8. The Balaban J connectivity index is 0.908. The van der Waals surface area contributed by atoms with Gasteiger partial charge in [0.25, 0.3) is 6.71 Å². The maximum atomic E-state index is 2.48. The van der Waals surface area contributed by atoms with Gasteiger partial charge in [0.15, 0.2) is 0 Å². The highest BCUT2D eigenvalue weighted by Crippen LogP contribution is 2.45. The molecule has 0 aliphatic carbocycles. The van der Waals surface area contributed by atoms with E-state index in [0.29, 0.717) is 0 Å². The molecule has 0 aromatic heterocycles. The van der Waals surface area contributed by atoms with Crippen molar-refractivity contribution in [2.24, 2.45) is 0 Å². The monoisotopic (exact) mass is 824 g/mol. The summed E-state index contributed by atoms with van der Waals surface area (Å²) in [7, 11) is 0. The van der Waals surface area contributed by atoms with Gasteiger partial charge in [-0.15, -0.1) is 0 Å². The van der Waals surface area contributed by atoms with Gasteiger partial charge in [-0.1, -0.05) is 200 Å². The minimum atomic E-state index is 0.0867. The number of nitrogens with zero attached hydrogens (tertiary/aromatic N) is 2. The summed E-state index contributed by atoms with van der Waals surface area (Å²) in [5.41, 5.74) is 20.9. The Morgan fingerprint density at radius 2 is 0.538 bits per heavy atom. The van der Waals surface area contributed by atoms with Crippen molar-refractivity contribution in [3.8, 4) is 44.5 Å². The fourth-order valence-electron chi connectivity index (χ4n) is 10.8. The molecular weight excluding hydrogens is 784 g/mol. The molecule has 2 nitrogen and oxygen atoms in total. The van der Waals surface area contributed by atoms with Crippen LogP contribution in [-0.2, 0) is 0 Å². The highest BCUT2D eigenvalue weighted by molar-refractivity contribution is 7.00. The van der Waals surface area contributed by atoms with E-state index in [1.165, 1.54) is 105 Å². The van der Waals surface area contributed by atoms with Gasteiger partial charge < -0.3 is 9.80 Å². The molecule has 13 rings (SSSR count). The lowest BCUT2D eigenvalue weighted by atomic mass is 9.33. The van der Waals surface area contributed by atoms with Crippen LogP contribution < -0.4 is 26.2 Å². The van der Waals surface area contributed by atoms with Gasteiger partial charge >= 0.3 is 0 Å². The second kappa shape index (κ2) is 15.2. The third-order valence-corrected chi connectivity index (χ3v) is 13.7. The molecular formula is C62H41BN2. The van der Waals surface area contributed by atoms with Gasteiger partial charge in [-0.2, -0.15) is 0 Å². The van der Waals surface area contributed by atoms with Crippen molar-refractivity contribution in [3.05, 3.63) is 249 Å². The third-order valence-electron chi connectivity index (χ3n) is 13.7. The normalized spacial score (nSPS) is 12.5. The minimum absolute atomic E-state index is 0.0867. The first-order valence-electron chi connectivity index (χ1n) is 22.5. The van der Waals surface area contributed by atoms with E-state index in [2.05, 4.69) is 259 Å². The van der Waals surface area contributed by atoms with Gasteiger partial charge in [-0.05, 0) is 131 Å². The summed E-state index contributed by atoms with van der Waals surface area (Å²) in [5.74, 6) is 0. The van der Waals surface area contributed by atoms with Gasteiger partial charge in [-0.3, -0.25) is 0 Å². The summed E-state index contributed by atoms with van der Waals surface area (Å²) in [6.45, 7) is 0.0867. The Morgan fingerprint density at radius 1 is 0.231 bits per heavy atom. The Bertz CT molecular complexity index is 3360. The van der Waals surface area contributed by atoms with Crippen LogP contribution in [0.1, 0.15) is 0 Å². The molecule has 0 amide bonds. The van der Waals surface area contributed by atoms with E-state index in [0.717, 1.165) is 11.4 Å². The molecule has 11 aromatic carbocycles. The lowest BCUT2D eigenvalue weighted by Gasteiger charge is -2.44. The zero-order valence-electron chi connectivity index (χ0n) is 35.6. The fraction of sp³-hybridized carbons (Fsp3) is 0. The van der Waals surface area contributed by atoms with Gasteiger partial charge in [0.05, 0.1) is 0 Å². The van der Waals surface area contributed by atoms with E-state index in [9.17, 15) is 0 Å². The first-order chi connectivity index (χ1) is 32.3. The molecule has 2 aliphatic rings. The van der Waals surface area contributed by atoms with Crippen molar-refractivity contribution in [2.45, 2.75) is 0 Å².